The summed E-state index contributed by atoms with van der Waals surface area (Å²) in [4.78, 5) is 14.1. The van der Waals surface area contributed by atoms with E-state index in [1.165, 1.54) is 0 Å². The van der Waals surface area contributed by atoms with Crippen molar-refractivity contribution in [1.82, 2.24) is 4.90 Å². The third-order valence-corrected chi connectivity index (χ3v) is 3.16. The molecule has 1 rings (SSSR count). The lowest BCUT2D eigenvalue weighted by Gasteiger charge is -2.26. The summed E-state index contributed by atoms with van der Waals surface area (Å²) in [5.41, 5.74) is 7.08. The third kappa shape index (κ3) is 4.37. The van der Waals surface area contributed by atoms with Crippen molar-refractivity contribution >= 4 is 17.3 Å². The van der Waals surface area contributed by atoms with Gasteiger partial charge in [0.05, 0.1) is 6.54 Å². The minimum absolute atomic E-state index is 0.0157. The summed E-state index contributed by atoms with van der Waals surface area (Å²) < 4.78 is 0. The number of rotatable bonds is 6. The largest absolute Gasteiger partial charge is 0.399 e. The SMILES string of the molecule is CCC(C)N(CC)CC(=O)Nc1ccc(N)cc1. The Morgan fingerprint density at radius 2 is 1.94 bits per heavy atom. The highest BCUT2D eigenvalue weighted by Gasteiger charge is 2.13. The van der Waals surface area contributed by atoms with E-state index in [0.29, 0.717) is 18.3 Å². The van der Waals surface area contributed by atoms with Gasteiger partial charge in [0.25, 0.3) is 0 Å². The van der Waals surface area contributed by atoms with Crippen LogP contribution >= 0.6 is 0 Å². The quantitative estimate of drug-likeness (QED) is 0.761. The molecule has 0 spiro atoms. The highest BCUT2D eigenvalue weighted by Crippen LogP contribution is 2.11. The summed E-state index contributed by atoms with van der Waals surface area (Å²) in [7, 11) is 0. The Bertz CT molecular complexity index is 375. The van der Waals surface area contributed by atoms with Gasteiger partial charge in [-0.05, 0) is 44.2 Å². The zero-order chi connectivity index (χ0) is 13.5. The second kappa shape index (κ2) is 7.01. The summed E-state index contributed by atoms with van der Waals surface area (Å²) in [6, 6.07) is 7.61. The van der Waals surface area contributed by atoms with E-state index in [-0.39, 0.29) is 5.91 Å². The Hall–Kier alpha value is -1.55. The van der Waals surface area contributed by atoms with Crippen molar-refractivity contribution < 1.29 is 4.79 Å². The number of benzene rings is 1. The monoisotopic (exact) mass is 249 g/mol. The molecule has 1 amide bonds. The molecule has 0 aliphatic rings. The van der Waals surface area contributed by atoms with Gasteiger partial charge >= 0.3 is 0 Å². The first-order valence-electron chi connectivity index (χ1n) is 6.46. The standard InChI is InChI=1S/C14H23N3O/c1-4-11(3)17(5-2)10-14(18)16-13-8-6-12(15)7-9-13/h6-9,11H,4-5,10,15H2,1-3H3,(H,16,18). The summed E-state index contributed by atoms with van der Waals surface area (Å²) in [6.45, 7) is 7.65. The van der Waals surface area contributed by atoms with Gasteiger partial charge in [-0.15, -0.1) is 0 Å². The number of hydrogen-bond donors (Lipinski definition) is 2. The molecule has 4 nitrogen and oxygen atoms in total. The molecule has 0 radical (unpaired) electrons. The number of carbonyl (C=O) groups is 1. The van der Waals surface area contributed by atoms with E-state index < -0.39 is 0 Å². The molecular weight excluding hydrogens is 226 g/mol. The van der Waals surface area contributed by atoms with E-state index >= 15 is 0 Å². The second-order valence-corrected chi connectivity index (χ2v) is 4.49. The number of amides is 1. The van der Waals surface area contributed by atoms with E-state index in [0.717, 1.165) is 18.7 Å². The van der Waals surface area contributed by atoms with Crippen LogP contribution in [0.15, 0.2) is 24.3 Å². The average Bonchev–Trinajstić information content (AvgIpc) is 2.37. The lowest BCUT2D eigenvalue weighted by atomic mass is 10.2. The first-order chi connectivity index (χ1) is 8.56. The minimum Gasteiger partial charge on any atom is -0.399 e. The maximum atomic E-state index is 11.9. The summed E-state index contributed by atoms with van der Waals surface area (Å²) in [6.07, 6.45) is 1.04. The van der Waals surface area contributed by atoms with Gasteiger partial charge in [-0.3, -0.25) is 9.69 Å². The number of nitrogens with zero attached hydrogens (tertiary/aromatic N) is 1. The molecule has 18 heavy (non-hydrogen) atoms. The molecule has 0 aromatic heterocycles. The van der Waals surface area contributed by atoms with Gasteiger partial charge in [0, 0.05) is 17.4 Å². The van der Waals surface area contributed by atoms with Gasteiger partial charge in [-0.1, -0.05) is 13.8 Å². The van der Waals surface area contributed by atoms with Crippen LogP contribution in [-0.4, -0.2) is 29.9 Å². The fourth-order valence-corrected chi connectivity index (χ4v) is 1.79. The zero-order valence-corrected chi connectivity index (χ0v) is 11.4. The first kappa shape index (κ1) is 14.5. The van der Waals surface area contributed by atoms with Crippen LogP contribution in [-0.2, 0) is 4.79 Å². The first-order valence-corrected chi connectivity index (χ1v) is 6.46. The molecule has 3 N–H and O–H groups in total. The highest BCUT2D eigenvalue weighted by molar-refractivity contribution is 5.92. The van der Waals surface area contributed by atoms with Gasteiger partial charge in [0.2, 0.25) is 5.91 Å². The van der Waals surface area contributed by atoms with E-state index in [1.807, 2.05) is 12.1 Å². The van der Waals surface area contributed by atoms with Crippen LogP contribution in [0, 0.1) is 0 Å². The fourth-order valence-electron chi connectivity index (χ4n) is 1.79. The molecule has 1 aromatic rings. The Morgan fingerprint density at radius 1 is 1.33 bits per heavy atom. The van der Waals surface area contributed by atoms with Gasteiger partial charge in [-0.2, -0.15) is 0 Å². The van der Waals surface area contributed by atoms with E-state index in [2.05, 4.69) is 31.0 Å². The van der Waals surface area contributed by atoms with Crippen molar-refractivity contribution in [2.75, 3.05) is 24.1 Å². The molecule has 1 unspecified atom stereocenters. The Labute approximate surface area is 109 Å². The van der Waals surface area contributed by atoms with Gasteiger partial charge in [-0.25, -0.2) is 0 Å². The van der Waals surface area contributed by atoms with Crippen LogP contribution in [0.3, 0.4) is 0 Å². The van der Waals surface area contributed by atoms with Crippen LogP contribution < -0.4 is 11.1 Å². The number of nitrogens with one attached hydrogen (secondary N) is 1. The number of hydrogen-bond acceptors (Lipinski definition) is 3. The predicted octanol–water partition coefficient (Wildman–Crippen LogP) is 2.33. The number of anilines is 2. The molecule has 0 heterocycles. The highest BCUT2D eigenvalue weighted by atomic mass is 16.2. The number of nitrogen functional groups attached to an aromatic ring is 1. The maximum absolute atomic E-state index is 11.9. The molecule has 100 valence electrons. The molecule has 1 atom stereocenters. The van der Waals surface area contributed by atoms with Crippen molar-refractivity contribution in [3.8, 4) is 0 Å². The van der Waals surface area contributed by atoms with E-state index in [9.17, 15) is 4.79 Å². The lowest BCUT2D eigenvalue weighted by molar-refractivity contribution is -0.117. The van der Waals surface area contributed by atoms with Crippen molar-refractivity contribution in [2.24, 2.45) is 0 Å². The minimum atomic E-state index is 0.0157. The number of likely N-dealkylation sites (N-methyl/N-ethyl adjacent to an activating group) is 1. The van der Waals surface area contributed by atoms with E-state index in [1.54, 1.807) is 12.1 Å². The van der Waals surface area contributed by atoms with Crippen LogP contribution in [0.2, 0.25) is 0 Å². The normalized spacial score (nSPS) is 12.4. The van der Waals surface area contributed by atoms with Crippen molar-refractivity contribution in [3.05, 3.63) is 24.3 Å². The molecule has 4 heteroatoms. The average molecular weight is 249 g/mol. The predicted molar refractivity (Wildman–Crippen MR) is 76.5 cm³/mol. The van der Waals surface area contributed by atoms with Crippen LogP contribution in [0.5, 0.6) is 0 Å². The molecule has 0 saturated carbocycles. The number of nitrogens with two attached hydrogens (primary N) is 1. The molecular formula is C14H23N3O. The van der Waals surface area contributed by atoms with Gasteiger partial charge < -0.3 is 11.1 Å². The van der Waals surface area contributed by atoms with Crippen LogP contribution in [0.25, 0.3) is 0 Å². The molecule has 0 aliphatic heterocycles. The van der Waals surface area contributed by atoms with Crippen LogP contribution in [0.1, 0.15) is 27.2 Å². The molecule has 0 bridgehead atoms. The van der Waals surface area contributed by atoms with Crippen molar-refractivity contribution in [3.63, 3.8) is 0 Å². The summed E-state index contributed by atoms with van der Waals surface area (Å²) in [5.74, 6) is 0.0157. The Balaban J connectivity index is 2.52. The molecule has 0 saturated heterocycles. The maximum Gasteiger partial charge on any atom is 0.238 e. The van der Waals surface area contributed by atoms with Gasteiger partial charge in [0.1, 0.15) is 0 Å². The molecule has 1 aromatic carbocycles. The third-order valence-electron chi connectivity index (χ3n) is 3.16. The second-order valence-electron chi connectivity index (χ2n) is 4.49. The Morgan fingerprint density at radius 3 is 2.44 bits per heavy atom. The van der Waals surface area contributed by atoms with Gasteiger partial charge in [0.15, 0.2) is 0 Å². The fraction of sp³-hybridized carbons (Fsp3) is 0.500. The van der Waals surface area contributed by atoms with Crippen molar-refractivity contribution in [2.45, 2.75) is 33.2 Å². The Kier molecular flexibility index (Phi) is 5.65. The molecule has 0 fully saturated rings. The lowest BCUT2D eigenvalue weighted by Crippen LogP contribution is -2.38. The smallest absolute Gasteiger partial charge is 0.238 e. The summed E-state index contributed by atoms with van der Waals surface area (Å²) in [5, 5.41) is 2.88. The summed E-state index contributed by atoms with van der Waals surface area (Å²) >= 11 is 0. The topological polar surface area (TPSA) is 58.4 Å². The van der Waals surface area contributed by atoms with Crippen molar-refractivity contribution in [1.29, 1.82) is 0 Å². The number of carbonyl (C=O) groups excluding carboxylic acids is 1. The van der Waals surface area contributed by atoms with Crippen LogP contribution in [0.4, 0.5) is 11.4 Å². The van der Waals surface area contributed by atoms with E-state index in [4.69, 9.17) is 5.73 Å². The zero-order valence-electron chi connectivity index (χ0n) is 11.4. The molecule has 0 aliphatic carbocycles.